The molecule has 2 saturated carbocycles. The number of halogens is 5. The monoisotopic (exact) mass is 589 g/mol. The van der Waals surface area contributed by atoms with Crippen LogP contribution in [0, 0.1) is 23.2 Å². The van der Waals surface area contributed by atoms with Crippen LogP contribution in [0.3, 0.4) is 0 Å². The lowest BCUT2D eigenvalue weighted by atomic mass is 9.52. The number of phenolic OH excluding ortho intramolecular Hbond substituents is 1. The Morgan fingerprint density at radius 1 is 1.02 bits per heavy atom. The van der Waals surface area contributed by atoms with Gasteiger partial charge >= 0.3 is 12.1 Å². The third kappa shape index (κ3) is 7.45. The molecule has 0 spiro atoms. The standard InChI is InChI=1S/C33H47F5O3/c1-31-19-17-27-26-14-13-25(40)21-23(26)20-22(30(27)28(31)15-16-29(31)41)10-7-5-3-2-4-6-8-11-24(39)12-9-18-32(34,35)33(36,37)38/h13-14,21-22,27-30,40-41H,2-12,15-20H2,1H3/t22-,27?,28?,29+,30?,31+/m1/s1/i16D2,29D. The van der Waals surface area contributed by atoms with Crippen LogP contribution in [-0.2, 0) is 11.2 Å². The molecule has 3 unspecified atom stereocenters. The number of aromatic hydroxyl groups is 1. The fourth-order valence-electron chi connectivity index (χ4n) is 7.85. The van der Waals surface area contributed by atoms with Crippen molar-refractivity contribution in [1.29, 1.82) is 0 Å². The number of benzene rings is 1. The van der Waals surface area contributed by atoms with Crippen molar-refractivity contribution in [3.8, 4) is 5.75 Å². The Bertz CT molecular complexity index is 1160. The van der Waals surface area contributed by atoms with Crippen molar-refractivity contribution in [2.75, 3.05) is 0 Å². The number of rotatable bonds is 14. The van der Waals surface area contributed by atoms with Gasteiger partial charge in [-0.25, -0.2) is 0 Å². The summed E-state index contributed by atoms with van der Waals surface area (Å²) in [6.45, 7) is 1.90. The number of unbranched alkanes of at least 4 members (excludes halogenated alkanes) is 6. The second kappa shape index (κ2) is 13.3. The molecular weight excluding hydrogens is 539 g/mol. The summed E-state index contributed by atoms with van der Waals surface area (Å²) in [7, 11) is 0. The lowest BCUT2D eigenvalue weighted by Crippen LogP contribution is -2.47. The smallest absolute Gasteiger partial charge is 0.453 e. The molecule has 0 radical (unpaired) electrons. The molecule has 0 amide bonds. The molecule has 232 valence electrons. The quantitative estimate of drug-likeness (QED) is 0.168. The maximum atomic E-state index is 13.0. The largest absolute Gasteiger partial charge is 0.508 e. The Balaban J connectivity index is 1.22. The van der Waals surface area contributed by atoms with E-state index in [4.69, 9.17) is 4.11 Å². The average molecular weight is 590 g/mol. The fourth-order valence-corrected chi connectivity index (χ4v) is 7.85. The Hall–Kier alpha value is -1.70. The predicted molar refractivity (Wildman–Crippen MR) is 149 cm³/mol. The first-order valence-corrected chi connectivity index (χ1v) is 15.4. The van der Waals surface area contributed by atoms with E-state index in [1.54, 1.807) is 6.07 Å². The van der Waals surface area contributed by atoms with Crippen LogP contribution in [0.4, 0.5) is 22.0 Å². The number of hydrogen-bond donors (Lipinski definition) is 2. The summed E-state index contributed by atoms with van der Waals surface area (Å²) in [4.78, 5) is 11.9. The fraction of sp³-hybridized carbons (Fsp3) is 0.788. The minimum Gasteiger partial charge on any atom is -0.508 e. The first-order valence-electron chi connectivity index (χ1n) is 16.9. The zero-order chi connectivity index (χ0) is 32.6. The minimum absolute atomic E-state index is 0.102. The topological polar surface area (TPSA) is 57.5 Å². The molecule has 41 heavy (non-hydrogen) atoms. The third-order valence-electron chi connectivity index (χ3n) is 10.2. The maximum absolute atomic E-state index is 13.0. The molecule has 2 fully saturated rings. The predicted octanol–water partition coefficient (Wildman–Crippen LogP) is 9.28. The van der Waals surface area contributed by atoms with E-state index in [9.17, 15) is 37.0 Å². The number of carbonyl (C=O) groups excluding carboxylic acids is 1. The van der Waals surface area contributed by atoms with E-state index in [1.807, 2.05) is 19.1 Å². The number of carbonyl (C=O) groups is 1. The van der Waals surface area contributed by atoms with Gasteiger partial charge in [-0.05, 0) is 104 Å². The second-order valence-corrected chi connectivity index (χ2v) is 12.9. The van der Waals surface area contributed by atoms with Crippen LogP contribution in [0.5, 0.6) is 5.75 Å². The SMILES string of the molecule is [2H]C1([2H])CC2C3C(CC[C@]2(C)[C@@]1([2H])O)c1ccc(O)cc1C[C@H]3CCCCCCCCCC(=O)CCCC(F)(F)C(F)(F)F. The lowest BCUT2D eigenvalue weighted by Gasteiger charge is -2.53. The van der Waals surface area contributed by atoms with Gasteiger partial charge < -0.3 is 10.2 Å². The summed E-state index contributed by atoms with van der Waals surface area (Å²) >= 11 is 0. The molecule has 1 aromatic rings. The maximum Gasteiger partial charge on any atom is 0.453 e. The zero-order valence-electron chi connectivity index (χ0n) is 27.0. The first kappa shape index (κ1) is 28.1. The highest BCUT2D eigenvalue weighted by Gasteiger charge is 2.57. The van der Waals surface area contributed by atoms with E-state index in [-0.39, 0.29) is 54.5 Å². The van der Waals surface area contributed by atoms with Gasteiger partial charge in [0, 0.05) is 22.0 Å². The van der Waals surface area contributed by atoms with E-state index in [0.29, 0.717) is 12.8 Å². The number of Topliss-reactive ketones (excluding diaryl/α,β-unsaturated/α-hetero) is 1. The Morgan fingerprint density at radius 2 is 1.68 bits per heavy atom. The van der Waals surface area contributed by atoms with Gasteiger partial charge in [0.15, 0.2) is 0 Å². The van der Waals surface area contributed by atoms with Crippen LogP contribution in [0.25, 0.3) is 0 Å². The van der Waals surface area contributed by atoms with E-state index in [2.05, 4.69) is 0 Å². The van der Waals surface area contributed by atoms with Crippen molar-refractivity contribution in [2.24, 2.45) is 23.2 Å². The zero-order valence-corrected chi connectivity index (χ0v) is 24.0. The van der Waals surface area contributed by atoms with Crippen LogP contribution in [0.1, 0.15) is 131 Å². The van der Waals surface area contributed by atoms with Crippen molar-refractivity contribution in [2.45, 2.75) is 140 Å². The molecule has 0 saturated heterocycles. The number of alkyl halides is 5. The highest BCUT2D eigenvalue weighted by Crippen LogP contribution is 2.62. The average Bonchev–Trinajstić information content (AvgIpc) is 3.06. The molecule has 4 rings (SSSR count). The van der Waals surface area contributed by atoms with Gasteiger partial charge in [0.1, 0.15) is 11.5 Å². The second-order valence-electron chi connectivity index (χ2n) is 12.9. The van der Waals surface area contributed by atoms with Crippen LogP contribution in [0.2, 0.25) is 0 Å². The Morgan fingerprint density at radius 3 is 2.39 bits per heavy atom. The van der Waals surface area contributed by atoms with E-state index in [1.165, 1.54) is 5.56 Å². The molecular formula is C33H47F5O3. The summed E-state index contributed by atoms with van der Waals surface area (Å²) in [5, 5.41) is 21.3. The van der Waals surface area contributed by atoms with Crippen molar-refractivity contribution < 1.29 is 41.1 Å². The van der Waals surface area contributed by atoms with Crippen molar-refractivity contribution in [1.82, 2.24) is 0 Å². The number of aliphatic hydroxyl groups is 1. The summed E-state index contributed by atoms with van der Waals surface area (Å²) in [6, 6.07) is 5.57. The molecule has 8 heteroatoms. The molecule has 3 aliphatic rings. The molecule has 3 nitrogen and oxygen atoms in total. The summed E-state index contributed by atoms with van der Waals surface area (Å²) < 4.78 is 88.3. The molecule has 6 atom stereocenters. The van der Waals surface area contributed by atoms with Crippen molar-refractivity contribution in [3.05, 3.63) is 29.3 Å². The number of hydrogen-bond acceptors (Lipinski definition) is 3. The van der Waals surface area contributed by atoms with Gasteiger partial charge in [-0.2, -0.15) is 22.0 Å². The van der Waals surface area contributed by atoms with Gasteiger partial charge in [0.05, 0.1) is 7.45 Å². The van der Waals surface area contributed by atoms with E-state index in [0.717, 1.165) is 63.4 Å². The molecule has 1 aromatic carbocycles. The highest BCUT2D eigenvalue weighted by atomic mass is 19.4. The van der Waals surface area contributed by atoms with E-state index >= 15 is 0 Å². The van der Waals surface area contributed by atoms with Gasteiger partial charge in [0.25, 0.3) is 0 Å². The van der Waals surface area contributed by atoms with Crippen LogP contribution in [0.15, 0.2) is 18.2 Å². The van der Waals surface area contributed by atoms with Gasteiger partial charge in [-0.1, -0.05) is 51.5 Å². The first-order chi connectivity index (χ1) is 20.4. The third-order valence-corrected chi connectivity index (χ3v) is 10.2. The summed E-state index contributed by atoms with van der Waals surface area (Å²) in [5.41, 5.74) is 1.54. The normalized spacial score (nSPS) is 33.7. The van der Waals surface area contributed by atoms with Gasteiger partial charge in [-0.3, -0.25) is 4.79 Å². The van der Waals surface area contributed by atoms with Crippen molar-refractivity contribution >= 4 is 5.78 Å². The molecule has 0 aromatic heterocycles. The van der Waals surface area contributed by atoms with E-state index < -0.39 is 42.8 Å². The molecule has 2 N–H and O–H groups in total. The van der Waals surface area contributed by atoms with Crippen LogP contribution < -0.4 is 0 Å². The van der Waals surface area contributed by atoms with Gasteiger partial charge in [0.2, 0.25) is 0 Å². The summed E-state index contributed by atoms with van der Waals surface area (Å²) in [6.07, 6.45) is -2.00. The van der Waals surface area contributed by atoms with Crippen molar-refractivity contribution in [3.63, 3.8) is 0 Å². The minimum atomic E-state index is -5.58. The molecule has 0 bridgehead atoms. The lowest BCUT2D eigenvalue weighted by molar-refractivity contribution is -0.284. The van der Waals surface area contributed by atoms with Crippen LogP contribution in [-0.4, -0.2) is 34.2 Å². The van der Waals surface area contributed by atoms with Gasteiger partial charge in [-0.15, -0.1) is 0 Å². The number of fused-ring (bicyclic) bond motifs is 5. The molecule has 0 heterocycles. The Kier molecular flexibility index (Phi) is 9.11. The summed E-state index contributed by atoms with van der Waals surface area (Å²) in [5.74, 6) is -4.24. The molecule has 0 aliphatic heterocycles. The Labute approximate surface area is 245 Å². The van der Waals surface area contributed by atoms with Crippen LogP contribution >= 0.6 is 0 Å². The number of phenols is 1. The highest BCUT2D eigenvalue weighted by molar-refractivity contribution is 5.78. The molecule has 3 aliphatic carbocycles. The number of ketones is 1.